The fraction of sp³-hybridized carbons (Fsp3) is 0.600. The van der Waals surface area contributed by atoms with Crippen LogP contribution >= 0.6 is 24.0 Å². The lowest BCUT2D eigenvalue weighted by atomic mass is 10.1. The third kappa shape index (κ3) is 6.97. The normalized spacial score (nSPS) is 15.4. The monoisotopic (exact) mass is 403 g/mol. The van der Waals surface area contributed by atoms with Crippen LogP contribution in [0.1, 0.15) is 32.1 Å². The molecule has 0 radical (unpaired) electrons. The second kappa shape index (κ2) is 10.6. The van der Waals surface area contributed by atoms with Crippen LogP contribution in [0.3, 0.4) is 0 Å². The van der Waals surface area contributed by atoms with Crippen molar-refractivity contribution in [3.63, 3.8) is 0 Å². The molecule has 2 heterocycles. The minimum atomic E-state index is 0. The molecule has 0 saturated carbocycles. The van der Waals surface area contributed by atoms with E-state index in [9.17, 15) is 0 Å². The summed E-state index contributed by atoms with van der Waals surface area (Å²) in [6.07, 6.45) is 7.73. The lowest BCUT2D eigenvalue weighted by Gasteiger charge is -2.27. The predicted octanol–water partition coefficient (Wildman–Crippen LogP) is 2.69. The maximum absolute atomic E-state index is 6.00. The third-order valence-electron chi connectivity index (χ3n) is 3.51. The van der Waals surface area contributed by atoms with Crippen molar-refractivity contribution in [2.75, 3.05) is 31.5 Å². The number of unbranched alkanes of at least 4 members (excludes halogenated alkanes) is 1. The SMILES string of the molecule is I.NC(=NCCCCNc1ccccn1)N1CCCCC1. The highest BCUT2D eigenvalue weighted by molar-refractivity contribution is 14.0. The zero-order valence-electron chi connectivity index (χ0n) is 12.5. The van der Waals surface area contributed by atoms with Crippen LogP contribution in [0.5, 0.6) is 0 Å². The number of piperidine rings is 1. The number of likely N-dealkylation sites (tertiary alicyclic amines) is 1. The highest BCUT2D eigenvalue weighted by Gasteiger charge is 2.11. The van der Waals surface area contributed by atoms with Gasteiger partial charge in [-0.25, -0.2) is 4.98 Å². The van der Waals surface area contributed by atoms with Gasteiger partial charge in [0.2, 0.25) is 0 Å². The molecule has 1 aromatic rings. The van der Waals surface area contributed by atoms with Crippen LogP contribution in [0.15, 0.2) is 29.4 Å². The molecule has 5 nitrogen and oxygen atoms in total. The lowest BCUT2D eigenvalue weighted by molar-refractivity contribution is 0.338. The van der Waals surface area contributed by atoms with Crippen molar-refractivity contribution in [2.24, 2.45) is 10.7 Å². The molecule has 1 aliphatic rings. The van der Waals surface area contributed by atoms with Crippen LogP contribution in [0.25, 0.3) is 0 Å². The van der Waals surface area contributed by atoms with E-state index < -0.39 is 0 Å². The average Bonchev–Trinajstić information content (AvgIpc) is 2.52. The zero-order valence-corrected chi connectivity index (χ0v) is 14.8. The van der Waals surface area contributed by atoms with Gasteiger partial charge in [0.15, 0.2) is 5.96 Å². The molecule has 1 aromatic heterocycles. The van der Waals surface area contributed by atoms with Crippen molar-refractivity contribution in [1.82, 2.24) is 9.88 Å². The summed E-state index contributed by atoms with van der Waals surface area (Å²) in [6, 6.07) is 5.88. The van der Waals surface area contributed by atoms with E-state index in [0.717, 1.165) is 50.8 Å². The highest BCUT2D eigenvalue weighted by Crippen LogP contribution is 2.08. The fourth-order valence-electron chi connectivity index (χ4n) is 2.34. The second-order valence-corrected chi connectivity index (χ2v) is 5.14. The molecule has 1 aliphatic heterocycles. The minimum Gasteiger partial charge on any atom is -0.370 e. The number of rotatable bonds is 6. The Hall–Kier alpha value is -1.05. The number of hydrogen-bond acceptors (Lipinski definition) is 3. The summed E-state index contributed by atoms with van der Waals surface area (Å²) in [4.78, 5) is 10.9. The molecule has 21 heavy (non-hydrogen) atoms. The van der Waals surface area contributed by atoms with Gasteiger partial charge in [-0.15, -0.1) is 24.0 Å². The van der Waals surface area contributed by atoms with Crippen molar-refractivity contribution in [3.8, 4) is 0 Å². The van der Waals surface area contributed by atoms with E-state index in [0.29, 0.717) is 0 Å². The quantitative estimate of drug-likeness (QED) is 0.332. The molecule has 2 rings (SSSR count). The molecule has 0 aromatic carbocycles. The van der Waals surface area contributed by atoms with Crippen molar-refractivity contribution < 1.29 is 0 Å². The first-order valence-corrected chi connectivity index (χ1v) is 7.56. The van der Waals surface area contributed by atoms with E-state index in [1.165, 1.54) is 19.3 Å². The number of aliphatic imine (C=N–C) groups is 1. The van der Waals surface area contributed by atoms with Gasteiger partial charge in [-0.2, -0.15) is 0 Å². The van der Waals surface area contributed by atoms with Crippen LogP contribution in [-0.2, 0) is 0 Å². The van der Waals surface area contributed by atoms with Gasteiger partial charge in [-0.1, -0.05) is 6.07 Å². The van der Waals surface area contributed by atoms with Crippen molar-refractivity contribution >= 4 is 35.8 Å². The van der Waals surface area contributed by atoms with Gasteiger partial charge < -0.3 is 16.0 Å². The third-order valence-corrected chi connectivity index (χ3v) is 3.51. The first kappa shape index (κ1) is 18.0. The standard InChI is InChI=1S/C15H25N5.HI/c16-15(20-12-6-1-7-13-20)19-11-5-4-10-18-14-8-2-3-9-17-14;/h2-3,8-9H,1,4-7,10-13H2,(H2,16,19)(H,17,18);1H. The molecule has 1 fully saturated rings. The van der Waals surface area contributed by atoms with Crippen LogP contribution in [0, 0.1) is 0 Å². The summed E-state index contributed by atoms with van der Waals surface area (Å²) in [6.45, 7) is 3.87. The maximum atomic E-state index is 6.00. The van der Waals surface area contributed by atoms with E-state index in [1.807, 2.05) is 18.2 Å². The second-order valence-electron chi connectivity index (χ2n) is 5.14. The van der Waals surface area contributed by atoms with Gasteiger partial charge >= 0.3 is 0 Å². The molecule has 3 N–H and O–H groups in total. The Bertz CT molecular complexity index is 404. The summed E-state index contributed by atoms with van der Waals surface area (Å²) in [7, 11) is 0. The van der Waals surface area contributed by atoms with E-state index in [1.54, 1.807) is 6.20 Å². The number of halogens is 1. The maximum Gasteiger partial charge on any atom is 0.191 e. The number of nitrogens with one attached hydrogen (secondary N) is 1. The first-order chi connectivity index (χ1) is 9.86. The van der Waals surface area contributed by atoms with E-state index in [2.05, 4.69) is 20.2 Å². The van der Waals surface area contributed by atoms with Gasteiger partial charge in [-0.05, 0) is 44.2 Å². The van der Waals surface area contributed by atoms with Crippen LogP contribution < -0.4 is 11.1 Å². The number of aromatic nitrogens is 1. The van der Waals surface area contributed by atoms with Crippen LogP contribution in [-0.4, -0.2) is 42.0 Å². The molecule has 0 atom stereocenters. The number of nitrogens with two attached hydrogens (primary N) is 1. The number of pyridine rings is 1. The molecular weight excluding hydrogens is 377 g/mol. The van der Waals surface area contributed by atoms with Crippen LogP contribution in [0.2, 0.25) is 0 Å². The summed E-state index contributed by atoms with van der Waals surface area (Å²) in [5.74, 6) is 1.66. The Morgan fingerprint density at radius 1 is 1.24 bits per heavy atom. The van der Waals surface area contributed by atoms with E-state index in [-0.39, 0.29) is 24.0 Å². The zero-order chi connectivity index (χ0) is 14.0. The average molecular weight is 403 g/mol. The summed E-state index contributed by atoms with van der Waals surface area (Å²) in [5, 5.41) is 3.29. The van der Waals surface area contributed by atoms with Gasteiger partial charge in [0.1, 0.15) is 5.82 Å². The Kier molecular flexibility index (Phi) is 9.12. The fourth-order valence-corrected chi connectivity index (χ4v) is 2.34. The lowest BCUT2D eigenvalue weighted by Crippen LogP contribution is -2.40. The van der Waals surface area contributed by atoms with Crippen molar-refractivity contribution in [1.29, 1.82) is 0 Å². The molecule has 6 heteroatoms. The van der Waals surface area contributed by atoms with E-state index >= 15 is 0 Å². The number of anilines is 1. The Labute approximate surface area is 144 Å². The summed E-state index contributed by atoms with van der Waals surface area (Å²) < 4.78 is 0. The number of guanidine groups is 1. The largest absolute Gasteiger partial charge is 0.370 e. The molecular formula is C15H26IN5. The van der Waals surface area contributed by atoms with Crippen LogP contribution in [0.4, 0.5) is 5.82 Å². The minimum absolute atomic E-state index is 0. The summed E-state index contributed by atoms with van der Waals surface area (Å²) in [5.41, 5.74) is 6.00. The number of nitrogens with zero attached hydrogens (tertiary/aromatic N) is 3. The van der Waals surface area contributed by atoms with Gasteiger partial charge in [0.25, 0.3) is 0 Å². The Balaban J connectivity index is 0.00000220. The predicted molar refractivity (Wildman–Crippen MR) is 99.3 cm³/mol. The number of hydrogen-bond donors (Lipinski definition) is 2. The molecule has 0 amide bonds. The molecule has 0 unspecified atom stereocenters. The van der Waals surface area contributed by atoms with Gasteiger partial charge in [-0.3, -0.25) is 4.99 Å². The van der Waals surface area contributed by atoms with Gasteiger partial charge in [0.05, 0.1) is 0 Å². The Morgan fingerprint density at radius 3 is 2.76 bits per heavy atom. The first-order valence-electron chi connectivity index (χ1n) is 7.56. The molecule has 0 spiro atoms. The molecule has 0 bridgehead atoms. The van der Waals surface area contributed by atoms with E-state index in [4.69, 9.17) is 5.73 Å². The van der Waals surface area contributed by atoms with Gasteiger partial charge in [0, 0.05) is 32.4 Å². The topological polar surface area (TPSA) is 66.5 Å². The highest BCUT2D eigenvalue weighted by atomic mass is 127. The summed E-state index contributed by atoms with van der Waals surface area (Å²) >= 11 is 0. The smallest absolute Gasteiger partial charge is 0.191 e. The molecule has 0 aliphatic carbocycles. The van der Waals surface area contributed by atoms with Crippen molar-refractivity contribution in [3.05, 3.63) is 24.4 Å². The van der Waals surface area contributed by atoms with Crippen molar-refractivity contribution in [2.45, 2.75) is 32.1 Å². The molecule has 1 saturated heterocycles. The Morgan fingerprint density at radius 2 is 2.05 bits per heavy atom. The molecule has 118 valence electrons.